The Labute approximate surface area is 96.3 Å². The van der Waals surface area contributed by atoms with Crippen molar-refractivity contribution in [2.45, 2.75) is 31.6 Å². The van der Waals surface area contributed by atoms with Crippen molar-refractivity contribution in [2.75, 3.05) is 13.1 Å². The van der Waals surface area contributed by atoms with Gasteiger partial charge in [0.2, 0.25) is 0 Å². The largest absolute Gasteiger partial charge is 0.390 e. The number of rotatable bonds is 2. The number of benzene rings is 1. The maximum Gasteiger partial charge on any atom is 0.100 e. The molecular formula is C13H19NO2. The van der Waals surface area contributed by atoms with Gasteiger partial charge in [0.15, 0.2) is 0 Å². The minimum Gasteiger partial charge on any atom is -0.390 e. The first-order valence-electron chi connectivity index (χ1n) is 5.75. The Morgan fingerprint density at radius 1 is 1.38 bits per heavy atom. The molecule has 0 unspecified atom stereocenters. The summed E-state index contributed by atoms with van der Waals surface area (Å²) in [6.07, 6.45) is 0.0411. The van der Waals surface area contributed by atoms with Crippen LogP contribution in [0, 0.1) is 0 Å². The molecule has 0 amide bonds. The topological polar surface area (TPSA) is 43.7 Å². The molecule has 16 heavy (non-hydrogen) atoms. The second-order valence-corrected chi connectivity index (χ2v) is 4.86. The van der Waals surface area contributed by atoms with E-state index < -0.39 is 11.7 Å². The molecule has 0 aliphatic carbocycles. The highest BCUT2D eigenvalue weighted by molar-refractivity contribution is 5.14. The van der Waals surface area contributed by atoms with E-state index in [-0.39, 0.29) is 0 Å². The van der Waals surface area contributed by atoms with Crippen molar-refractivity contribution in [3.63, 3.8) is 0 Å². The van der Waals surface area contributed by atoms with Crippen LogP contribution in [0.2, 0.25) is 0 Å². The van der Waals surface area contributed by atoms with Crippen molar-refractivity contribution in [3.05, 3.63) is 35.9 Å². The van der Waals surface area contributed by atoms with Crippen molar-refractivity contribution < 1.29 is 10.2 Å². The molecule has 2 rings (SSSR count). The van der Waals surface area contributed by atoms with Crippen LogP contribution >= 0.6 is 0 Å². The lowest BCUT2D eigenvalue weighted by molar-refractivity contribution is -0.110. The third kappa shape index (κ3) is 2.61. The molecule has 1 aliphatic rings. The Morgan fingerprint density at radius 3 is 2.69 bits per heavy atom. The SMILES string of the molecule is C[C@]1(O)CN(Cc2ccccc2)CC[C@H]1O. The molecule has 1 aromatic carbocycles. The Kier molecular flexibility index (Phi) is 3.28. The highest BCUT2D eigenvalue weighted by Crippen LogP contribution is 2.22. The molecule has 0 bridgehead atoms. The average Bonchev–Trinajstić information content (AvgIpc) is 2.25. The molecule has 1 aromatic rings. The quantitative estimate of drug-likeness (QED) is 0.783. The van der Waals surface area contributed by atoms with E-state index in [2.05, 4.69) is 17.0 Å². The van der Waals surface area contributed by atoms with Crippen LogP contribution in [0.15, 0.2) is 30.3 Å². The summed E-state index contributed by atoms with van der Waals surface area (Å²) in [7, 11) is 0. The molecule has 3 heteroatoms. The van der Waals surface area contributed by atoms with Crippen molar-refractivity contribution in [3.8, 4) is 0 Å². The van der Waals surface area contributed by atoms with Crippen LogP contribution in [0.25, 0.3) is 0 Å². The predicted molar refractivity (Wildman–Crippen MR) is 63.0 cm³/mol. The number of hydrogen-bond acceptors (Lipinski definition) is 3. The summed E-state index contributed by atoms with van der Waals surface area (Å²) in [5, 5.41) is 19.6. The first kappa shape index (κ1) is 11.6. The van der Waals surface area contributed by atoms with E-state index in [1.807, 2.05) is 18.2 Å². The normalized spacial score (nSPS) is 31.6. The van der Waals surface area contributed by atoms with E-state index in [0.717, 1.165) is 13.1 Å². The summed E-state index contributed by atoms with van der Waals surface area (Å²) in [5.41, 5.74) is 0.266. The summed E-state index contributed by atoms with van der Waals surface area (Å²) in [6.45, 7) is 3.91. The zero-order chi connectivity index (χ0) is 11.6. The lowest BCUT2D eigenvalue weighted by Gasteiger charge is -2.40. The van der Waals surface area contributed by atoms with Crippen LogP contribution in [0.3, 0.4) is 0 Å². The second-order valence-electron chi connectivity index (χ2n) is 4.86. The maximum atomic E-state index is 10.00. The number of piperidine rings is 1. The summed E-state index contributed by atoms with van der Waals surface area (Å²) in [4.78, 5) is 2.18. The fourth-order valence-corrected chi connectivity index (χ4v) is 2.23. The summed E-state index contributed by atoms with van der Waals surface area (Å²) >= 11 is 0. The van der Waals surface area contributed by atoms with Crippen LogP contribution in [0.5, 0.6) is 0 Å². The van der Waals surface area contributed by atoms with Gasteiger partial charge in [-0.25, -0.2) is 0 Å². The van der Waals surface area contributed by atoms with Gasteiger partial charge in [-0.3, -0.25) is 4.90 Å². The molecule has 0 radical (unpaired) electrons. The van der Waals surface area contributed by atoms with Crippen molar-refractivity contribution in [1.29, 1.82) is 0 Å². The zero-order valence-electron chi connectivity index (χ0n) is 9.63. The molecule has 3 nitrogen and oxygen atoms in total. The highest BCUT2D eigenvalue weighted by Gasteiger charge is 2.36. The van der Waals surface area contributed by atoms with E-state index in [4.69, 9.17) is 0 Å². The van der Waals surface area contributed by atoms with Gasteiger partial charge in [0.1, 0.15) is 5.60 Å². The fraction of sp³-hybridized carbons (Fsp3) is 0.538. The standard InChI is InChI=1S/C13H19NO2/c1-13(16)10-14(8-7-12(13)15)9-11-5-3-2-4-6-11/h2-6,12,15-16H,7-10H2,1H3/t12-,13+/m1/s1. The van der Waals surface area contributed by atoms with Crippen LogP contribution < -0.4 is 0 Å². The maximum absolute atomic E-state index is 10.00. The summed E-state index contributed by atoms with van der Waals surface area (Å²) < 4.78 is 0. The van der Waals surface area contributed by atoms with Crippen molar-refractivity contribution in [1.82, 2.24) is 4.90 Å². The Hall–Kier alpha value is -0.900. The number of aliphatic hydroxyl groups is 2. The van der Waals surface area contributed by atoms with Gasteiger partial charge in [-0.15, -0.1) is 0 Å². The lowest BCUT2D eigenvalue weighted by Crippen LogP contribution is -2.54. The fourth-order valence-electron chi connectivity index (χ4n) is 2.23. The van der Waals surface area contributed by atoms with Gasteiger partial charge in [-0.1, -0.05) is 30.3 Å². The smallest absolute Gasteiger partial charge is 0.100 e. The van der Waals surface area contributed by atoms with Crippen LogP contribution in [-0.2, 0) is 6.54 Å². The van der Waals surface area contributed by atoms with Gasteiger partial charge in [-0.05, 0) is 18.9 Å². The number of β-amino-alcohol motifs (C(OH)–C–C–N with tert-alkyl or cyclic N) is 1. The highest BCUT2D eigenvalue weighted by atomic mass is 16.3. The van der Waals surface area contributed by atoms with E-state index in [1.165, 1.54) is 5.56 Å². The van der Waals surface area contributed by atoms with Crippen LogP contribution in [-0.4, -0.2) is 39.9 Å². The molecule has 2 atom stereocenters. The van der Waals surface area contributed by atoms with E-state index in [0.29, 0.717) is 13.0 Å². The van der Waals surface area contributed by atoms with Gasteiger partial charge in [0.05, 0.1) is 6.10 Å². The molecule has 1 aliphatic heterocycles. The number of likely N-dealkylation sites (tertiary alicyclic amines) is 1. The predicted octanol–water partition coefficient (Wildman–Crippen LogP) is 1.00. The number of aliphatic hydroxyl groups excluding tert-OH is 1. The van der Waals surface area contributed by atoms with E-state index in [1.54, 1.807) is 6.92 Å². The molecule has 2 N–H and O–H groups in total. The molecule has 1 saturated heterocycles. The van der Waals surface area contributed by atoms with Crippen LogP contribution in [0.1, 0.15) is 18.9 Å². The molecule has 0 spiro atoms. The summed E-state index contributed by atoms with van der Waals surface area (Å²) in [6, 6.07) is 10.2. The third-order valence-corrected chi connectivity index (χ3v) is 3.23. The number of nitrogens with zero attached hydrogens (tertiary/aromatic N) is 1. The van der Waals surface area contributed by atoms with E-state index >= 15 is 0 Å². The van der Waals surface area contributed by atoms with Gasteiger partial charge < -0.3 is 10.2 Å². The third-order valence-electron chi connectivity index (χ3n) is 3.23. The van der Waals surface area contributed by atoms with Gasteiger partial charge >= 0.3 is 0 Å². The van der Waals surface area contributed by atoms with Crippen LogP contribution in [0.4, 0.5) is 0 Å². The first-order chi connectivity index (χ1) is 7.58. The monoisotopic (exact) mass is 221 g/mol. The minimum absolute atomic E-state index is 0.531. The molecule has 88 valence electrons. The second kappa shape index (κ2) is 4.53. The molecule has 1 heterocycles. The van der Waals surface area contributed by atoms with Crippen molar-refractivity contribution in [2.24, 2.45) is 0 Å². The first-order valence-corrected chi connectivity index (χ1v) is 5.75. The van der Waals surface area contributed by atoms with Gasteiger partial charge in [0, 0.05) is 19.6 Å². The van der Waals surface area contributed by atoms with Gasteiger partial charge in [0.25, 0.3) is 0 Å². The zero-order valence-corrected chi connectivity index (χ0v) is 9.63. The molecule has 0 saturated carbocycles. The average molecular weight is 221 g/mol. The molecule has 1 fully saturated rings. The molecular weight excluding hydrogens is 202 g/mol. The minimum atomic E-state index is -0.979. The Balaban J connectivity index is 1.97. The van der Waals surface area contributed by atoms with E-state index in [9.17, 15) is 10.2 Å². The number of hydrogen-bond donors (Lipinski definition) is 2. The Morgan fingerprint density at radius 2 is 2.06 bits per heavy atom. The summed E-state index contributed by atoms with van der Waals surface area (Å²) in [5.74, 6) is 0. The van der Waals surface area contributed by atoms with Crippen molar-refractivity contribution >= 4 is 0 Å². The lowest BCUT2D eigenvalue weighted by atomic mass is 9.91. The Bertz CT molecular complexity index is 337. The van der Waals surface area contributed by atoms with Gasteiger partial charge in [-0.2, -0.15) is 0 Å². The molecule has 0 aromatic heterocycles.